The summed E-state index contributed by atoms with van der Waals surface area (Å²) in [5.41, 5.74) is 1.61. The fourth-order valence-corrected chi connectivity index (χ4v) is 2.38. The minimum atomic E-state index is -0.892. The Kier molecular flexibility index (Phi) is 3.44. The number of hydrogen-bond acceptors (Lipinski definition) is 3. The lowest BCUT2D eigenvalue weighted by molar-refractivity contribution is 0.0703. The largest absolute Gasteiger partial charge is 0.494 e. The lowest BCUT2D eigenvalue weighted by Gasteiger charge is -2.05. The fourth-order valence-electron chi connectivity index (χ4n) is 1.62. The molecule has 1 aromatic heterocycles. The van der Waals surface area contributed by atoms with Gasteiger partial charge >= 0.3 is 5.97 Å². The predicted octanol–water partition coefficient (Wildman–Crippen LogP) is 3.51. The van der Waals surface area contributed by atoms with Gasteiger partial charge in [0.1, 0.15) is 10.6 Å². The van der Waals surface area contributed by atoms with Crippen molar-refractivity contribution in [2.75, 3.05) is 6.61 Å². The SMILES string of the molecule is CCOc1cccc(-c2ccsc2C(=O)O)c1. The van der Waals surface area contributed by atoms with E-state index in [1.165, 1.54) is 11.3 Å². The summed E-state index contributed by atoms with van der Waals surface area (Å²) >= 11 is 1.23. The molecule has 88 valence electrons. The molecule has 2 rings (SSSR count). The van der Waals surface area contributed by atoms with Crippen LogP contribution in [-0.2, 0) is 0 Å². The van der Waals surface area contributed by atoms with Crippen molar-refractivity contribution in [1.29, 1.82) is 0 Å². The second-order valence-electron chi connectivity index (χ2n) is 3.43. The molecule has 2 aromatic rings. The molecule has 0 aliphatic rings. The summed E-state index contributed by atoms with van der Waals surface area (Å²) in [5, 5.41) is 10.9. The van der Waals surface area contributed by atoms with E-state index in [2.05, 4.69) is 0 Å². The van der Waals surface area contributed by atoms with Crippen molar-refractivity contribution in [3.05, 3.63) is 40.6 Å². The normalized spacial score (nSPS) is 10.2. The quantitative estimate of drug-likeness (QED) is 0.900. The number of carboxylic acid groups (broad SMARTS) is 1. The molecule has 0 spiro atoms. The smallest absolute Gasteiger partial charge is 0.346 e. The first kappa shape index (κ1) is 11.7. The molecule has 1 aromatic carbocycles. The Balaban J connectivity index is 2.42. The van der Waals surface area contributed by atoms with Crippen molar-refractivity contribution in [2.45, 2.75) is 6.92 Å². The summed E-state index contributed by atoms with van der Waals surface area (Å²) in [6, 6.07) is 9.29. The van der Waals surface area contributed by atoms with Crippen LogP contribution in [0.5, 0.6) is 5.75 Å². The number of benzene rings is 1. The Morgan fingerprint density at radius 1 is 1.41 bits per heavy atom. The summed E-state index contributed by atoms with van der Waals surface area (Å²) in [7, 11) is 0. The molecule has 0 saturated heterocycles. The van der Waals surface area contributed by atoms with Crippen LogP contribution in [0.3, 0.4) is 0 Å². The van der Waals surface area contributed by atoms with Crippen molar-refractivity contribution < 1.29 is 14.6 Å². The average Bonchev–Trinajstić information content (AvgIpc) is 2.79. The van der Waals surface area contributed by atoms with Gasteiger partial charge in [-0.25, -0.2) is 4.79 Å². The second-order valence-corrected chi connectivity index (χ2v) is 4.35. The molecule has 0 atom stereocenters. The highest BCUT2D eigenvalue weighted by Crippen LogP contribution is 2.30. The Labute approximate surface area is 103 Å². The van der Waals surface area contributed by atoms with Crippen molar-refractivity contribution >= 4 is 17.3 Å². The van der Waals surface area contributed by atoms with Gasteiger partial charge in [0.05, 0.1) is 6.61 Å². The van der Waals surface area contributed by atoms with E-state index in [9.17, 15) is 4.79 Å². The third-order valence-corrected chi connectivity index (χ3v) is 3.22. The summed E-state index contributed by atoms with van der Waals surface area (Å²) in [5.74, 6) is -0.135. The molecule has 4 heteroatoms. The maximum atomic E-state index is 11.0. The molecule has 0 amide bonds. The third-order valence-electron chi connectivity index (χ3n) is 2.32. The number of thiophene rings is 1. The van der Waals surface area contributed by atoms with Gasteiger partial charge in [0, 0.05) is 5.56 Å². The van der Waals surface area contributed by atoms with Crippen LogP contribution in [0.2, 0.25) is 0 Å². The minimum Gasteiger partial charge on any atom is -0.494 e. The van der Waals surface area contributed by atoms with Gasteiger partial charge in [0.15, 0.2) is 0 Å². The van der Waals surface area contributed by atoms with E-state index in [4.69, 9.17) is 9.84 Å². The van der Waals surface area contributed by atoms with E-state index < -0.39 is 5.97 Å². The molecule has 1 N–H and O–H groups in total. The number of hydrogen-bond donors (Lipinski definition) is 1. The molecule has 0 radical (unpaired) electrons. The maximum absolute atomic E-state index is 11.0. The Morgan fingerprint density at radius 3 is 2.94 bits per heavy atom. The summed E-state index contributed by atoms with van der Waals surface area (Å²) in [4.78, 5) is 11.4. The number of carboxylic acids is 1. The molecule has 17 heavy (non-hydrogen) atoms. The molecule has 0 unspecified atom stereocenters. The van der Waals surface area contributed by atoms with E-state index >= 15 is 0 Å². The van der Waals surface area contributed by atoms with Crippen LogP contribution in [-0.4, -0.2) is 17.7 Å². The average molecular weight is 248 g/mol. The van der Waals surface area contributed by atoms with Crippen LogP contribution < -0.4 is 4.74 Å². The predicted molar refractivity (Wildman–Crippen MR) is 67.9 cm³/mol. The molecule has 0 bridgehead atoms. The lowest BCUT2D eigenvalue weighted by atomic mass is 10.1. The molecule has 1 heterocycles. The van der Waals surface area contributed by atoms with Crippen molar-refractivity contribution in [3.8, 4) is 16.9 Å². The zero-order valence-corrected chi connectivity index (χ0v) is 10.2. The lowest BCUT2D eigenvalue weighted by Crippen LogP contribution is -1.95. The Morgan fingerprint density at radius 2 is 2.24 bits per heavy atom. The van der Waals surface area contributed by atoms with Gasteiger partial charge in [0.25, 0.3) is 0 Å². The first-order chi connectivity index (χ1) is 8.22. The molecule has 0 aliphatic carbocycles. The van der Waals surface area contributed by atoms with Crippen LogP contribution in [0.4, 0.5) is 0 Å². The van der Waals surface area contributed by atoms with Gasteiger partial charge in [-0.15, -0.1) is 11.3 Å². The molecule has 0 aliphatic heterocycles. The van der Waals surface area contributed by atoms with E-state index in [0.717, 1.165) is 16.9 Å². The zero-order valence-electron chi connectivity index (χ0n) is 9.34. The molecule has 0 fully saturated rings. The van der Waals surface area contributed by atoms with Gasteiger partial charge in [-0.05, 0) is 36.1 Å². The van der Waals surface area contributed by atoms with Crippen molar-refractivity contribution in [3.63, 3.8) is 0 Å². The van der Waals surface area contributed by atoms with E-state index in [1.807, 2.05) is 37.3 Å². The molecular formula is C13H12O3S. The monoisotopic (exact) mass is 248 g/mol. The van der Waals surface area contributed by atoms with E-state index in [-0.39, 0.29) is 0 Å². The second kappa shape index (κ2) is 5.01. The Bertz CT molecular complexity index is 531. The van der Waals surface area contributed by atoms with Gasteiger partial charge in [0.2, 0.25) is 0 Å². The Hall–Kier alpha value is -1.81. The molecule has 3 nitrogen and oxygen atoms in total. The summed E-state index contributed by atoms with van der Waals surface area (Å²) in [6.45, 7) is 2.51. The minimum absolute atomic E-state index is 0.360. The van der Waals surface area contributed by atoms with Gasteiger partial charge in [-0.2, -0.15) is 0 Å². The van der Waals surface area contributed by atoms with Crippen LogP contribution in [0.1, 0.15) is 16.6 Å². The van der Waals surface area contributed by atoms with Crippen LogP contribution in [0.15, 0.2) is 35.7 Å². The fraction of sp³-hybridized carbons (Fsp3) is 0.154. The number of aromatic carboxylic acids is 1. The molecule has 0 saturated carbocycles. The van der Waals surface area contributed by atoms with E-state index in [0.29, 0.717) is 11.5 Å². The zero-order chi connectivity index (χ0) is 12.3. The molecular weight excluding hydrogens is 236 g/mol. The third kappa shape index (κ3) is 2.47. The number of rotatable bonds is 4. The highest BCUT2D eigenvalue weighted by Gasteiger charge is 2.13. The highest BCUT2D eigenvalue weighted by atomic mass is 32.1. The standard InChI is InChI=1S/C13H12O3S/c1-2-16-10-5-3-4-9(8-10)11-6-7-17-12(11)13(14)15/h3-8H,2H2,1H3,(H,14,15). The van der Waals surface area contributed by atoms with Crippen molar-refractivity contribution in [2.24, 2.45) is 0 Å². The van der Waals surface area contributed by atoms with Crippen LogP contribution in [0.25, 0.3) is 11.1 Å². The van der Waals surface area contributed by atoms with Crippen LogP contribution >= 0.6 is 11.3 Å². The van der Waals surface area contributed by atoms with Crippen LogP contribution in [0, 0.1) is 0 Å². The number of carbonyl (C=O) groups is 1. The topological polar surface area (TPSA) is 46.5 Å². The maximum Gasteiger partial charge on any atom is 0.346 e. The first-order valence-corrected chi connectivity index (χ1v) is 6.14. The van der Waals surface area contributed by atoms with Crippen molar-refractivity contribution in [1.82, 2.24) is 0 Å². The van der Waals surface area contributed by atoms with E-state index in [1.54, 1.807) is 5.38 Å². The highest BCUT2D eigenvalue weighted by molar-refractivity contribution is 7.12. The first-order valence-electron chi connectivity index (χ1n) is 5.26. The van der Waals surface area contributed by atoms with Gasteiger partial charge in [-0.3, -0.25) is 0 Å². The van der Waals surface area contributed by atoms with Gasteiger partial charge < -0.3 is 9.84 Å². The summed E-state index contributed by atoms with van der Waals surface area (Å²) in [6.07, 6.45) is 0. The summed E-state index contributed by atoms with van der Waals surface area (Å²) < 4.78 is 5.40. The number of ether oxygens (including phenoxy) is 1. The van der Waals surface area contributed by atoms with Gasteiger partial charge in [-0.1, -0.05) is 12.1 Å².